The highest BCUT2D eigenvalue weighted by Crippen LogP contribution is 2.32. The third kappa shape index (κ3) is 3.99. The van der Waals surface area contributed by atoms with Crippen LogP contribution in [0.5, 0.6) is 11.5 Å². The second-order valence-electron chi connectivity index (χ2n) is 7.93. The van der Waals surface area contributed by atoms with E-state index in [-0.39, 0.29) is 5.75 Å². The maximum Gasteiger partial charge on any atom is 0.161 e. The molecule has 5 rings (SSSR count). The second kappa shape index (κ2) is 8.31. The fraction of sp³-hybridized carbons (Fsp3) is 0.111. The van der Waals surface area contributed by atoms with Crippen LogP contribution >= 0.6 is 0 Å². The van der Waals surface area contributed by atoms with E-state index in [9.17, 15) is 5.11 Å². The van der Waals surface area contributed by atoms with Crippen molar-refractivity contribution in [1.82, 2.24) is 4.98 Å². The van der Waals surface area contributed by atoms with Gasteiger partial charge in [-0.05, 0) is 73.5 Å². The Hall–Kier alpha value is -4.32. The lowest BCUT2D eigenvalue weighted by atomic mass is 10.1. The molecule has 5 aromatic rings. The van der Waals surface area contributed by atoms with Crippen molar-refractivity contribution in [3.63, 3.8) is 0 Å². The molecule has 0 amide bonds. The van der Waals surface area contributed by atoms with Gasteiger partial charge in [0.2, 0.25) is 0 Å². The Morgan fingerprint density at radius 1 is 0.939 bits per heavy atom. The van der Waals surface area contributed by atoms with Gasteiger partial charge in [0.25, 0.3) is 0 Å². The first kappa shape index (κ1) is 20.6. The van der Waals surface area contributed by atoms with Gasteiger partial charge >= 0.3 is 0 Å². The highest BCUT2D eigenvalue weighted by molar-refractivity contribution is 5.81. The molecule has 0 unspecified atom stereocenters. The molecular weight excluding hydrogens is 414 g/mol. The molecule has 0 saturated heterocycles. The number of aromatic nitrogens is 1. The molecule has 164 valence electrons. The Kier molecular flexibility index (Phi) is 5.18. The number of phenolic OH excluding ortho intramolecular Hbond substituents is 1. The molecule has 33 heavy (non-hydrogen) atoms. The number of hydrogen-bond donors (Lipinski definition) is 2. The standard InChI is InChI=1S/C27H23N3O3/c1-16-12-20-22(29-30-27-11-9-18-6-4-5-7-21(18)28-27)15-24(33-25(20)13-17(16)2)19-8-10-23(31)26(14-19)32-3/h4-15,31H,1-3H3,(H,28,30)/b29-22+. The fourth-order valence-corrected chi connectivity index (χ4v) is 3.74. The number of fused-ring (bicyclic) bond motifs is 2. The first-order valence-electron chi connectivity index (χ1n) is 10.6. The summed E-state index contributed by atoms with van der Waals surface area (Å²) in [5, 5.41) is 17.3. The van der Waals surface area contributed by atoms with Crippen LogP contribution in [0.3, 0.4) is 0 Å². The zero-order valence-corrected chi connectivity index (χ0v) is 18.6. The Labute approximate surface area is 190 Å². The smallest absolute Gasteiger partial charge is 0.161 e. The summed E-state index contributed by atoms with van der Waals surface area (Å²) in [6.07, 6.45) is 0. The lowest BCUT2D eigenvalue weighted by Crippen LogP contribution is -2.08. The highest BCUT2D eigenvalue weighted by atomic mass is 16.5. The summed E-state index contributed by atoms with van der Waals surface area (Å²) in [4.78, 5) is 4.64. The minimum atomic E-state index is 0.0717. The molecule has 0 bridgehead atoms. The number of rotatable bonds is 4. The van der Waals surface area contributed by atoms with Gasteiger partial charge in [0.1, 0.15) is 17.2 Å². The van der Waals surface area contributed by atoms with Crippen molar-refractivity contribution < 1.29 is 14.3 Å². The maximum atomic E-state index is 9.97. The van der Waals surface area contributed by atoms with Crippen LogP contribution in [0.1, 0.15) is 11.1 Å². The van der Waals surface area contributed by atoms with Gasteiger partial charge in [0.15, 0.2) is 11.5 Å². The van der Waals surface area contributed by atoms with Gasteiger partial charge in [-0.15, -0.1) is 0 Å². The molecule has 6 nitrogen and oxygen atoms in total. The lowest BCUT2D eigenvalue weighted by molar-refractivity contribution is 0.373. The fourth-order valence-electron chi connectivity index (χ4n) is 3.74. The van der Waals surface area contributed by atoms with Gasteiger partial charge in [0, 0.05) is 22.4 Å². The van der Waals surface area contributed by atoms with Crippen molar-refractivity contribution in [2.75, 3.05) is 12.5 Å². The Morgan fingerprint density at radius 3 is 2.61 bits per heavy atom. The van der Waals surface area contributed by atoms with Crippen LogP contribution in [0, 0.1) is 13.8 Å². The summed E-state index contributed by atoms with van der Waals surface area (Å²) >= 11 is 0. The van der Waals surface area contributed by atoms with Crippen LogP contribution in [0.15, 0.2) is 82.3 Å². The second-order valence-corrected chi connectivity index (χ2v) is 7.93. The van der Waals surface area contributed by atoms with Gasteiger partial charge in [-0.25, -0.2) is 4.98 Å². The largest absolute Gasteiger partial charge is 0.504 e. The number of nitrogens with one attached hydrogen (secondary N) is 1. The van der Waals surface area contributed by atoms with Crippen LogP contribution in [0.2, 0.25) is 0 Å². The van der Waals surface area contributed by atoms with Gasteiger partial charge in [0.05, 0.1) is 18.0 Å². The zero-order chi connectivity index (χ0) is 22.9. The molecular formula is C27H23N3O3. The van der Waals surface area contributed by atoms with Crippen LogP contribution in [0.4, 0.5) is 5.82 Å². The van der Waals surface area contributed by atoms with E-state index in [1.165, 1.54) is 7.11 Å². The summed E-state index contributed by atoms with van der Waals surface area (Å²) in [7, 11) is 1.52. The molecule has 3 aromatic carbocycles. The Bertz CT molecular complexity index is 1570. The molecule has 6 heteroatoms. The normalized spacial score (nSPS) is 11.8. The first-order chi connectivity index (χ1) is 16.0. The van der Waals surface area contributed by atoms with E-state index >= 15 is 0 Å². The lowest BCUT2D eigenvalue weighted by Gasteiger charge is -2.10. The van der Waals surface area contributed by atoms with Gasteiger partial charge in [-0.3, -0.25) is 5.43 Å². The number of nitrogens with zero attached hydrogens (tertiary/aromatic N) is 2. The molecule has 2 aromatic heterocycles. The molecule has 0 atom stereocenters. The van der Waals surface area contributed by atoms with E-state index in [1.807, 2.05) is 48.5 Å². The molecule has 0 aliphatic heterocycles. The third-order valence-corrected chi connectivity index (χ3v) is 5.71. The number of hydrogen-bond acceptors (Lipinski definition) is 6. The molecule has 0 radical (unpaired) electrons. The van der Waals surface area contributed by atoms with Crippen LogP contribution in [-0.2, 0) is 0 Å². The minimum absolute atomic E-state index is 0.0717. The van der Waals surface area contributed by atoms with E-state index in [0.29, 0.717) is 17.3 Å². The number of phenols is 1. The molecule has 2 N–H and O–H groups in total. The predicted octanol–water partition coefficient (Wildman–Crippen LogP) is 5.91. The summed E-state index contributed by atoms with van der Waals surface area (Å²) in [6.45, 7) is 4.12. The van der Waals surface area contributed by atoms with E-state index < -0.39 is 0 Å². The van der Waals surface area contributed by atoms with Crippen LogP contribution in [0.25, 0.3) is 33.2 Å². The molecule has 0 spiro atoms. The van der Waals surface area contributed by atoms with Gasteiger partial charge in [-0.2, -0.15) is 5.10 Å². The zero-order valence-electron chi connectivity index (χ0n) is 18.6. The van der Waals surface area contributed by atoms with E-state index in [0.717, 1.165) is 43.9 Å². The van der Waals surface area contributed by atoms with Crippen molar-refractivity contribution in [3.8, 4) is 22.8 Å². The monoisotopic (exact) mass is 437 g/mol. The predicted molar refractivity (Wildman–Crippen MR) is 130 cm³/mol. The molecule has 0 aliphatic carbocycles. The number of pyridine rings is 1. The maximum absolute atomic E-state index is 9.97. The number of aromatic hydroxyl groups is 1. The van der Waals surface area contributed by atoms with E-state index in [4.69, 9.17) is 9.15 Å². The van der Waals surface area contributed by atoms with Crippen molar-refractivity contribution in [2.45, 2.75) is 13.8 Å². The van der Waals surface area contributed by atoms with Crippen LogP contribution < -0.4 is 15.5 Å². The number of aryl methyl sites for hydroxylation is 2. The SMILES string of the molecule is COc1cc(-c2c/c(=N\Nc3ccc4ccccc4n3)c3cc(C)c(C)cc3o2)ccc1O. The Balaban J connectivity index is 1.66. The summed E-state index contributed by atoms with van der Waals surface area (Å²) in [5.41, 5.74) is 7.76. The van der Waals surface area contributed by atoms with Crippen LogP contribution in [-0.4, -0.2) is 17.2 Å². The highest BCUT2D eigenvalue weighted by Gasteiger charge is 2.11. The average molecular weight is 437 g/mol. The molecule has 0 aliphatic rings. The van der Waals surface area contributed by atoms with E-state index in [1.54, 1.807) is 18.2 Å². The quantitative estimate of drug-likeness (QED) is 0.342. The number of anilines is 1. The first-order valence-corrected chi connectivity index (χ1v) is 10.6. The summed E-state index contributed by atoms with van der Waals surface area (Å²) in [6, 6.07) is 22.9. The summed E-state index contributed by atoms with van der Waals surface area (Å²) < 4.78 is 11.5. The number of methoxy groups -OCH3 is 1. The molecule has 2 heterocycles. The average Bonchev–Trinajstić information content (AvgIpc) is 2.83. The minimum Gasteiger partial charge on any atom is -0.504 e. The van der Waals surface area contributed by atoms with Gasteiger partial charge in [-0.1, -0.05) is 18.2 Å². The van der Waals surface area contributed by atoms with Gasteiger partial charge < -0.3 is 14.3 Å². The number of benzene rings is 3. The Morgan fingerprint density at radius 2 is 1.76 bits per heavy atom. The van der Waals surface area contributed by atoms with Crippen molar-refractivity contribution in [2.24, 2.45) is 5.10 Å². The van der Waals surface area contributed by atoms with Crippen molar-refractivity contribution >= 4 is 27.7 Å². The van der Waals surface area contributed by atoms with Crippen molar-refractivity contribution in [1.29, 1.82) is 0 Å². The molecule has 0 saturated carbocycles. The molecule has 0 fully saturated rings. The number of para-hydroxylation sites is 1. The third-order valence-electron chi connectivity index (χ3n) is 5.71. The van der Waals surface area contributed by atoms with E-state index in [2.05, 4.69) is 35.4 Å². The number of ether oxygens (including phenoxy) is 1. The summed E-state index contributed by atoms with van der Waals surface area (Å²) in [5.74, 6) is 1.71. The van der Waals surface area contributed by atoms with Crippen molar-refractivity contribution in [3.05, 3.63) is 89.3 Å². The topological polar surface area (TPSA) is 79.9 Å².